The first-order valence-electron chi connectivity index (χ1n) is 7.89. The summed E-state index contributed by atoms with van der Waals surface area (Å²) >= 11 is 11.6. The van der Waals surface area contributed by atoms with E-state index in [2.05, 4.69) is 10.0 Å². The van der Waals surface area contributed by atoms with Crippen molar-refractivity contribution in [3.05, 3.63) is 88.2 Å². The Morgan fingerprint density at radius 2 is 1.61 bits per heavy atom. The number of sulfonamides is 1. The molecule has 0 unspecified atom stereocenters. The highest BCUT2D eigenvalue weighted by atomic mass is 35.5. The average molecular weight is 439 g/mol. The summed E-state index contributed by atoms with van der Waals surface area (Å²) in [5.74, 6) is -1.47. The van der Waals surface area contributed by atoms with Gasteiger partial charge in [0.2, 0.25) is 0 Å². The number of rotatable bonds is 5. The Labute approximate surface area is 171 Å². The summed E-state index contributed by atoms with van der Waals surface area (Å²) in [5, 5.41) is 3.20. The maximum Gasteiger partial charge on any atom is 0.261 e. The quantitative estimate of drug-likeness (QED) is 0.575. The van der Waals surface area contributed by atoms with Crippen LogP contribution in [0.4, 0.5) is 15.8 Å². The van der Waals surface area contributed by atoms with Crippen LogP contribution in [-0.2, 0) is 10.0 Å². The number of nitrogens with one attached hydrogen (secondary N) is 2. The summed E-state index contributed by atoms with van der Waals surface area (Å²) in [6.45, 7) is 0. The first-order chi connectivity index (χ1) is 13.2. The van der Waals surface area contributed by atoms with Crippen LogP contribution in [-0.4, -0.2) is 14.3 Å². The van der Waals surface area contributed by atoms with Crippen molar-refractivity contribution in [2.24, 2.45) is 0 Å². The fourth-order valence-electron chi connectivity index (χ4n) is 2.32. The van der Waals surface area contributed by atoms with Gasteiger partial charge in [-0.2, -0.15) is 0 Å². The van der Waals surface area contributed by atoms with Gasteiger partial charge in [-0.05, 0) is 60.7 Å². The van der Waals surface area contributed by atoms with Gasteiger partial charge in [0.25, 0.3) is 15.9 Å². The Hall–Kier alpha value is -2.61. The van der Waals surface area contributed by atoms with Crippen molar-refractivity contribution in [2.75, 3.05) is 10.0 Å². The van der Waals surface area contributed by atoms with Gasteiger partial charge in [-0.3, -0.25) is 9.52 Å². The molecule has 0 aromatic heterocycles. The number of amides is 1. The standard InChI is InChI=1S/C19H13Cl2FN2O3S/c20-13-4-6-15(7-5-13)24-28(26,27)16-8-9-18(17(22)11-16)23-19(25)12-2-1-3-14(21)10-12/h1-11,24H,(H,23,25). The number of halogens is 3. The van der Waals surface area contributed by atoms with Crippen LogP contribution in [0.25, 0.3) is 0 Å². The molecule has 3 rings (SSSR count). The van der Waals surface area contributed by atoms with E-state index < -0.39 is 21.7 Å². The normalized spacial score (nSPS) is 11.1. The van der Waals surface area contributed by atoms with Gasteiger partial charge in [0.15, 0.2) is 0 Å². The van der Waals surface area contributed by atoms with Crippen molar-refractivity contribution < 1.29 is 17.6 Å². The molecule has 3 aromatic rings. The second-order valence-corrected chi connectivity index (χ2v) is 8.27. The largest absolute Gasteiger partial charge is 0.319 e. The molecule has 0 saturated heterocycles. The maximum atomic E-state index is 14.4. The summed E-state index contributed by atoms with van der Waals surface area (Å²) in [6, 6.07) is 15.3. The summed E-state index contributed by atoms with van der Waals surface area (Å²) in [4.78, 5) is 11.9. The van der Waals surface area contributed by atoms with E-state index in [0.717, 1.165) is 6.07 Å². The van der Waals surface area contributed by atoms with Gasteiger partial charge in [0, 0.05) is 21.3 Å². The molecule has 2 N–H and O–H groups in total. The number of benzene rings is 3. The lowest BCUT2D eigenvalue weighted by molar-refractivity contribution is 0.102. The number of hydrogen-bond donors (Lipinski definition) is 2. The minimum Gasteiger partial charge on any atom is -0.319 e. The molecule has 0 aliphatic carbocycles. The Morgan fingerprint density at radius 1 is 0.893 bits per heavy atom. The molecule has 5 nitrogen and oxygen atoms in total. The average Bonchev–Trinajstić information content (AvgIpc) is 2.65. The zero-order valence-corrected chi connectivity index (χ0v) is 16.4. The third-order valence-corrected chi connectivity index (χ3v) is 5.55. The second-order valence-electron chi connectivity index (χ2n) is 5.72. The molecule has 144 valence electrons. The van der Waals surface area contributed by atoms with Crippen LogP contribution in [0.5, 0.6) is 0 Å². The third-order valence-electron chi connectivity index (χ3n) is 3.68. The fraction of sp³-hybridized carbons (Fsp3) is 0. The lowest BCUT2D eigenvalue weighted by Crippen LogP contribution is -2.15. The summed E-state index contributed by atoms with van der Waals surface area (Å²) in [6.07, 6.45) is 0. The van der Waals surface area contributed by atoms with Gasteiger partial charge in [-0.15, -0.1) is 0 Å². The van der Waals surface area contributed by atoms with E-state index in [1.165, 1.54) is 48.5 Å². The van der Waals surface area contributed by atoms with Gasteiger partial charge in [-0.1, -0.05) is 29.3 Å². The predicted molar refractivity (Wildman–Crippen MR) is 108 cm³/mol. The lowest BCUT2D eigenvalue weighted by Gasteiger charge is -2.11. The molecule has 0 spiro atoms. The van der Waals surface area contributed by atoms with E-state index in [-0.39, 0.29) is 21.8 Å². The van der Waals surface area contributed by atoms with Crippen LogP contribution in [0.3, 0.4) is 0 Å². The minimum absolute atomic E-state index is 0.157. The topological polar surface area (TPSA) is 75.3 Å². The Bertz CT molecular complexity index is 1140. The zero-order valence-electron chi connectivity index (χ0n) is 14.1. The van der Waals surface area contributed by atoms with Crippen LogP contribution in [0, 0.1) is 5.82 Å². The Balaban J connectivity index is 1.79. The first kappa shape index (κ1) is 20.1. The third kappa shape index (κ3) is 4.81. The van der Waals surface area contributed by atoms with Gasteiger partial charge >= 0.3 is 0 Å². The minimum atomic E-state index is -4.01. The molecule has 0 heterocycles. The molecule has 1 amide bonds. The fourth-order valence-corrected chi connectivity index (χ4v) is 3.71. The van der Waals surface area contributed by atoms with Gasteiger partial charge < -0.3 is 5.32 Å². The van der Waals surface area contributed by atoms with E-state index in [1.54, 1.807) is 12.1 Å². The van der Waals surface area contributed by atoms with E-state index in [0.29, 0.717) is 10.0 Å². The number of carbonyl (C=O) groups is 1. The number of carbonyl (C=O) groups excluding carboxylic acids is 1. The highest BCUT2D eigenvalue weighted by molar-refractivity contribution is 7.92. The van der Waals surface area contributed by atoms with Crippen LogP contribution in [0.15, 0.2) is 71.6 Å². The smallest absolute Gasteiger partial charge is 0.261 e. The summed E-state index contributed by atoms with van der Waals surface area (Å²) in [5.41, 5.74) is 0.367. The van der Waals surface area contributed by atoms with Crippen molar-refractivity contribution >= 4 is 50.5 Å². The summed E-state index contributed by atoms with van der Waals surface area (Å²) in [7, 11) is -4.01. The molecule has 3 aromatic carbocycles. The molecule has 0 fully saturated rings. The molecule has 28 heavy (non-hydrogen) atoms. The van der Waals surface area contributed by atoms with Crippen LogP contribution in [0.2, 0.25) is 10.0 Å². The molecule has 0 saturated carbocycles. The second kappa shape index (κ2) is 8.18. The first-order valence-corrected chi connectivity index (χ1v) is 10.1. The van der Waals surface area contributed by atoms with Gasteiger partial charge in [-0.25, -0.2) is 12.8 Å². The predicted octanol–water partition coefficient (Wildman–Crippen LogP) is 5.19. The highest BCUT2D eigenvalue weighted by Crippen LogP contribution is 2.23. The van der Waals surface area contributed by atoms with E-state index in [1.807, 2.05) is 0 Å². The van der Waals surface area contributed by atoms with E-state index >= 15 is 0 Å². The number of hydrogen-bond acceptors (Lipinski definition) is 3. The zero-order chi connectivity index (χ0) is 20.3. The van der Waals surface area contributed by atoms with Crippen LogP contribution >= 0.6 is 23.2 Å². The van der Waals surface area contributed by atoms with Gasteiger partial charge in [0.1, 0.15) is 5.82 Å². The maximum absolute atomic E-state index is 14.4. The number of anilines is 2. The molecule has 0 aliphatic rings. The SMILES string of the molecule is O=C(Nc1ccc(S(=O)(=O)Nc2ccc(Cl)cc2)cc1F)c1cccc(Cl)c1. The molecular formula is C19H13Cl2FN2O3S. The van der Waals surface area contributed by atoms with E-state index in [9.17, 15) is 17.6 Å². The Kier molecular flexibility index (Phi) is 5.88. The molecule has 0 radical (unpaired) electrons. The Morgan fingerprint density at radius 3 is 2.25 bits per heavy atom. The molecule has 0 bridgehead atoms. The lowest BCUT2D eigenvalue weighted by atomic mass is 10.2. The van der Waals surface area contributed by atoms with Crippen molar-refractivity contribution in [2.45, 2.75) is 4.90 Å². The van der Waals surface area contributed by atoms with Crippen LogP contribution in [0.1, 0.15) is 10.4 Å². The van der Waals surface area contributed by atoms with Crippen molar-refractivity contribution in [1.29, 1.82) is 0 Å². The van der Waals surface area contributed by atoms with Crippen molar-refractivity contribution in [3.8, 4) is 0 Å². The molecular weight excluding hydrogens is 426 g/mol. The molecule has 0 aliphatic heterocycles. The molecule has 9 heteroatoms. The molecule has 0 atom stereocenters. The van der Waals surface area contributed by atoms with E-state index in [4.69, 9.17) is 23.2 Å². The van der Waals surface area contributed by atoms with Crippen molar-refractivity contribution in [3.63, 3.8) is 0 Å². The summed E-state index contributed by atoms with van der Waals surface area (Å²) < 4.78 is 41.5. The van der Waals surface area contributed by atoms with Gasteiger partial charge in [0.05, 0.1) is 10.6 Å². The highest BCUT2D eigenvalue weighted by Gasteiger charge is 2.18. The monoisotopic (exact) mass is 438 g/mol. The van der Waals surface area contributed by atoms with Crippen molar-refractivity contribution in [1.82, 2.24) is 0 Å². The van der Waals surface area contributed by atoms with Crippen LogP contribution < -0.4 is 10.0 Å².